The smallest absolute Gasteiger partial charge is 0.192 e. The second-order valence-corrected chi connectivity index (χ2v) is 5.41. The van der Waals surface area contributed by atoms with Gasteiger partial charge in [-0.25, -0.2) is 4.99 Å². The van der Waals surface area contributed by atoms with Crippen LogP contribution in [0.5, 0.6) is 0 Å². The highest BCUT2D eigenvalue weighted by Gasteiger charge is 2.05. The highest BCUT2D eigenvalue weighted by Crippen LogP contribution is 2.07. The number of hydrogen-bond donors (Lipinski definition) is 2. The van der Waals surface area contributed by atoms with Gasteiger partial charge in [-0.3, -0.25) is 0 Å². The maximum atomic E-state index is 5.28. The van der Waals surface area contributed by atoms with Gasteiger partial charge in [0.25, 0.3) is 0 Å². The van der Waals surface area contributed by atoms with Gasteiger partial charge in [-0.05, 0) is 18.4 Å². The first kappa shape index (κ1) is 15.1. The van der Waals surface area contributed by atoms with Gasteiger partial charge in [0.15, 0.2) is 11.8 Å². The largest absolute Gasteiger partial charge is 0.351 e. The van der Waals surface area contributed by atoms with Gasteiger partial charge >= 0.3 is 0 Å². The molecule has 110 valence electrons. The molecular formula is C14H18N6S. The molecule has 7 heteroatoms. The molecule has 6 nitrogen and oxygen atoms in total. The summed E-state index contributed by atoms with van der Waals surface area (Å²) in [5.74, 6) is 4.89. The molecule has 2 N–H and O–H groups in total. The Morgan fingerprint density at radius 2 is 2.33 bits per heavy atom. The Bertz CT molecular complexity index is 635. The summed E-state index contributed by atoms with van der Waals surface area (Å²) >= 11 is 1.70. The van der Waals surface area contributed by atoms with E-state index in [0.717, 1.165) is 11.6 Å². The third-order valence-corrected chi connectivity index (χ3v) is 3.81. The number of aryl methyl sites for hydroxylation is 1. The summed E-state index contributed by atoms with van der Waals surface area (Å²) in [6.45, 7) is 3.49. The lowest BCUT2D eigenvalue weighted by Crippen LogP contribution is -2.37. The monoisotopic (exact) mass is 302 g/mol. The molecule has 0 aliphatic carbocycles. The van der Waals surface area contributed by atoms with Gasteiger partial charge in [-0.1, -0.05) is 12.0 Å². The molecule has 0 amide bonds. The number of hydrogen-bond acceptors (Lipinski definition) is 4. The molecule has 21 heavy (non-hydrogen) atoms. The van der Waals surface area contributed by atoms with Crippen molar-refractivity contribution in [1.29, 1.82) is 0 Å². The molecule has 0 unspecified atom stereocenters. The predicted molar refractivity (Wildman–Crippen MR) is 84.9 cm³/mol. The number of nitrogens with zero attached hydrogens (tertiary/aromatic N) is 4. The van der Waals surface area contributed by atoms with Crippen LogP contribution >= 0.6 is 11.3 Å². The second kappa shape index (κ2) is 7.45. The minimum absolute atomic E-state index is 0.425. The van der Waals surface area contributed by atoms with Crippen molar-refractivity contribution in [2.45, 2.75) is 20.0 Å². The minimum Gasteiger partial charge on any atom is -0.351 e. The molecule has 2 rings (SSSR count). The Morgan fingerprint density at radius 3 is 2.95 bits per heavy atom. The molecule has 0 aliphatic heterocycles. The van der Waals surface area contributed by atoms with E-state index in [4.69, 9.17) is 6.42 Å². The van der Waals surface area contributed by atoms with E-state index in [2.05, 4.69) is 37.8 Å². The molecule has 0 bridgehead atoms. The minimum atomic E-state index is 0.425. The zero-order valence-electron chi connectivity index (χ0n) is 12.1. The van der Waals surface area contributed by atoms with Crippen molar-refractivity contribution in [3.05, 3.63) is 34.0 Å². The van der Waals surface area contributed by atoms with E-state index in [1.165, 1.54) is 4.88 Å². The van der Waals surface area contributed by atoms with E-state index in [1.54, 1.807) is 11.3 Å². The van der Waals surface area contributed by atoms with E-state index in [9.17, 15) is 0 Å². The number of guanidine groups is 1. The first-order valence-corrected chi connectivity index (χ1v) is 7.41. The lowest BCUT2D eigenvalue weighted by molar-refractivity contribution is 0.761. The van der Waals surface area contributed by atoms with Crippen LogP contribution in [0.15, 0.2) is 22.5 Å². The van der Waals surface area contributed by atoms with E-state index in [0.29, 0.717) is 25.6 Å². The van der Waals surface area contributed by atoms with Gasteiger partial charge in [-0.15, -0.1) is 28.0 Å². The van der Waals surface area contributed by atoms with Crippen molar-refractivity contribution in [2.24, 2.45) is 12.0 Å². The number of aromatic nitrogens is 3. The number of aliphatic imine (C=N–C) groups is 1. The maximum Gasteiger partial charge on any atom is 0.192 e. The molecule has 0 saturated heterocycles. The molecule has 0 radical (unpaired) electrons. The molecule has 0 fully saturated rings. The van der Waals surface area contributed by atoms with E-state index < -0.39 is 0 Å². The van der Waals surface area contributed by atoms with Gasteiger partial charge in [0.1, 0.15) is 12.4 Å². The Labute approximate surface area is 128 Å². The fraction of sp³-hybridized carbons (Fsp3) is 0.357. The number of rotatable bonds is 5. The van der Waals surface area contributed by atoms with Crippen LogP contribution in [0.2, 0.25) is 0 Å². The first-order valence-electron chi connectivity index (χ1n) is 6.53. The Morgan fingerprint density at radius 1 is 1.48 bits per heavy atom. The molecule has 0 aliphatic rings. The Balaban J connectivity index is 1.99. The van der Waals surface area contributed by atoms with Crippen LogP contribution in [0.25, 0.3) is 0 Å². The van der Waals surface area contributed by atoms with Gasteiger partial charge in [0, 0.05) is 11.9 Å². The van der Waals surface area contributed by atoms with Gasteiger partial charge in [0.05, 0.1) is 13.1 Å². The molecule has 0 aromatic carbocycles. The van der Waals surface area contributed by atoms with Crippen molar-refractivity contribution >= 4 is 17.3 Å². The van der Waals surface area contributed by atoms with E-state index in [-0.39, 0.29) is 0 Å². The molecule has 2 heterocycles. The standard InChI is InChI=1S/C14H18N6S/c1-4-7-15-14(16-9-12-6-5-8-21-12)17-10-13-19-18-11(2)20(13)3/h1,5-6,8H,7,9-10H2,2-3H3,(H2,15,16,17). The van der Waals surface area contributed by atoms with Gasteiger partial charge in [-0.2, -0.15) is 0 Å². The van der Waals surface area contributed by atoms with Crippen molar-refractivity contribution in [1.82, 2.24) is 25.4 Å². The fourth-order valence-corrected chi connectivity index (χ4v) is 2.28. The summed E-state index contributed by atoms with van der Waals surface area (Å²) in [4.78, 5) is 5.72. The maximum absolute atomic E-state index is 5.28. The average molecular weight is 302 g/mol. The lowest BCUT2D eigenvalue weighted by Gasteiger charge is -2.10. The van der Waals surface area contributed by atoms with Crippen LogP contribution < -0.4 is 10.6 Å². The van der Waals surface area contributed by atoms with Crippen LogP contribution in [-0.2, 0) is 20.1 Å². The summed E-state index contributed by atoms with van der Waals surface area (Å²) in [6, 6.07) is 4.10. The molecule has 0 saturated carbocycles. The highest BCUT2D eigenvalue weighted by atomic mass is 32.1. The van der Waals surface area contributed by atoms with Crippen molar-refractivity contribution in [3.63, 3.8) is 0 Å². The van der Waals surface area contributed by atoms with Crippen molar-refractivity contribution in [3.8, 4) is 12.3 Å². The molecule has 0 atom stereocenters. The topological polar surface area (TPSA) is 67.1 Å². The van der Waals surface area contributed by atoms with Crippen LogP contribution in [0.4, 0.5) is 0 Å². The summed E-state index contributed by atoms with van der Waals surface area (Å²) in [5, 5.41) is 16.5. The molecule has 2 aromatic heterocycles. The normalized spacial score (nSPS) is 11.2. The molecular weight excluding hydrogens is 284 g/mol. The van der Waals surface area contributed by atoms with Crippen LogP contribution in [0.1, 0.15) is 16.5 Å². The summed E-state index contributed by atoms with van der Waals surface area (Å²) < 4.78 is 1.92. The Hall–Kier alpha value is -2.33. The second-order valence-electron chi connectivity index (χ2n) is 4.38. The third-order valence-electron chi connectivity index (χ3n) is 2.93. The molecule has 2 aromatic rings. The van der Waals surface area contributed by atoms with E-state index in [1.807, 2.05) is 30.0 Å². The van der Waals surface area contributed by atoms with Gasteiger partial charge < -0.3 is 15.2 Å². The number of nitrogens with one attached hydrogen (secondary N) is 2. The van der Waals surface area contributed by atoms with Crippen molar-refractivity contribution in [2.75, 3.05) is 6.54 Å². The van der Waals surface area contributed by atoms with Crippen LogP contribution in [-0.4, -0.2) is 27.3 Å². The van der Waals surface area contributed by atoms with Crippen molar-refractivity contribution < 1.29 is 0 Å². The summed E-state index contributed by atoms with van der Waals surface area (Å²) in [6.07, 6.45) is 5.28. The summed E-state index contributed by atoms with van der Waals surface area (Å²) in [5.41, 5.74) is 0. The highest BCUT2D eigenvalue weighted by molar-refractivity contribution is 7.09. The third kappa shape index (κ3) is 4.33. The van der Waals surface area contributed by atoms with E-state index >= 15 is 0 Å². The van der Waals surface area contributed by atoms with Gasteiger partial charge in [0.2, 0.25) is 0 Å². The quantitative estimate of drug-likeness (QED) is 0.492. The average Bonchev–Trinajstić information content (AvgIpc) is 3.11. The predicted octanol–water partition coefficient (Wildman–Crippen LogP) is 1.05. The number of thiophene rings is 1. The summed E-state index contributed by atoms with van der Waals surface area (Å²) in [7, 11) is 1.92. The Kier molecular flexibility index (Phi) is 5.35. The van der Waals surface area contributed by atoms with Crippen LogP contribution in [0, 0.1) is 19.3 Å². The van der Waals surface area contributed by atoms with Crippen LogP contribution in [0.3, 0.4) is 0 Å². The first-order chi connectivity index (χ1) is 10.2. The zero-order valence-corrected chi connectivity index (χ0v) is 12.9. The zero-order chi connectivity index (χ0) is 15.1. The molecule has 0 spiro atoms. The number of terminal acetylenes is 1. The SMILES string of the molecule is C#CCNC(=NCc1nnc(C)n1C)NCc1cccs1. The fourth-order valence-electron chi connectivity index (χ4n) is 1.63. The lowest BCUT2D eigenvalue weighted by atomic mass is 10.4.